The number of hydrogen-bond acceptors (Lipinski definition) is 9. The smallest absolute Gasteiger partial charge is 0.327 e. The predicted molar refractivity (Wildman–Crippen MR) is 137 cm³/mol. The molecule has 0 aliphatic rings. The van der Waals surface area contributed by atoms with Crippen LogP contribution in [-0.2, 0) is 30.4 Å². The van der Waals surface area contributed by atoms with Gasteiger partial charge in [0.2, 0.25) is 17.7 Å². The first-order chi connectivity index (χ1) is 17.0. The lowest BCUT2D eigenvalue weighted by Crippen LogP contribution is -2.58. The Morgan fingerprint density at radius 1 is 0.917 bits per heavy atom. The van der Waals surface area contributed by atoms with E-state index in [0.717, 1.165) is 0 Å². The average Bonchev–Trinajstić information content (AvgIpc) is 2.83. The normalized spacial score (nSPS) is 14.1. The van der Waals surface area contributed by atoms with E-state index < -0.39 is 53.8 Å². The molecule has 0 bridgehead atoms. The fourth-order valence-corrected chi connectivity index (χ4v) is 3.72. The summed E-state index contributed by atoms with van der Waals surface area (Å²) in [5.41, 5.74) is 6.35. The number of rotatable bonds is 16. The number of amides is 3. The molecule has 36 heavy (non-hydrogen) atoms. The van der Waals surface area contributed by atoms with E-state index in [1.165, 1.54) is 23.9 Å². The summed E-state index contributed by atoms with van der Waals surface area (Å²) in [7, 11) is 0. The van der Waals surface area contributed by atoms with Crippen LogP contribution in [-0.4, -0.2) is 86.9 Å². The van der Waals surface area contributed by atoms with Crippen molar-refractivity contribution >= 4 is 54.1 Å². The van der Waals surface area contributed by atoms with E-state index in [2.05, 4.69) is 28.6 Å². The topological polar surface area (TPSA) is 208 Å². The molecule has 4 atom stereocenters. The van der Waals surface area contributed by atoms with Gasteiger partial charge in [0.1, 0.15) is 23.9 Å². The summed E-state index contributed by atoms with van der Waals surface area (Å²) in [4.78, 5) is 60.5. The van der Waals surface area contributed by atoms with Crippen LogP contribution in [0.15, 0.2) is 24.3 Å². The number of thiol groups is 1. The highest BCUT2D eigenvalue weighted by atomic mass is 32.2. The molecule has 0 saturated heterocycles. The van der Waals surface area contributed by atoms with E-state index in [0.29, 0.717) is 11.3 Å². The number of nitrogens with two attached hydrogens (primary N) is 1. The van der Waals surface area contributed by atoms with Gasteiger partial charge in [-0.05, 0) is 42.5 Å². The molecule has 0 aromatic heterocycles. The van der Waals surface area contributed by atoms with Crippen LogP contribution < -0.4 is 21.7 Å². The standard InChI is InChI=1S/C22H32N4O8S2/c1-36-9-8-15(20(31)26-17(11-35)22(33)34)24-21(32)16(10-12-2-4-13(27)5-3-12)25-19(30)14(23)6-7-18(28)29/h2-5,14-17,27,35H,6-11,23H2,1H3,(H,24,32)(H,25,30)(H,26,31)(H,28,29)(H,33,34). The number of hydrogen-bond donors (Lipinski definition) is 8. The second kappa shape index (κ2) is 15.9. The quantitative estimate of drug-likeness (QED) is 0.123. The van der Waals surface area contributed by atoms with E-state index in [9.17, 15) is 34.2 Å². The minimum Gasteiger partial charge on any atom is -0.508 e. The SMILES string of the molecule is CSCCC(NC(=O)C(Cc1ccc(O)cc1)NC(=O)C(N)CCC(=O)O)C(=O)NC(CS)C(=O)O. The minimum absolute atomic E-state index is 0.00505. The number of phenols is 1. The molecule has 4 unspecified atom stereocenters. The second-order valence-electron chi connectivity index (χ2n) is 7.90. The third kappa shape index (κ3) is 11.2. The average molecular weight is 545 g/mol. The number of aliphatic carboxylic acids is 2. The van der Waals surface area contributed by atoms with Crippen molar-refractivity contribution < 1.29 is 39.3 Å². The largest absolute Gasteiger partial charge is 0.508 e. The van der Waals surface area contributed by atoms with Gasteiger partial charge in [0.25, 0.3) is 0 Å². The number of nitrogens with one attached hydrogen (secondary N) is 3. The maximum absolute atomic E-state index is 13.2. The highest BCUT2D eigenvalue weighted by molar-refractivity contribution is 7.98. The third-order valence-corrected chi connectivity index (χ3v) is 6.07. The van der Waals surface area contributed by atoms with E-state index in [-0.39, 0.29) is 37.2 Å². The Kier molecular flexibility index (Phi) is 13.7. The molecule has 14 heteroatoms. The number of carbonyl (C=O) groups excluding carboxylic acids is 3. The molecule has 0 aliphatic heterocycles. The van der Waals surface area contributed by atoms with Gasteiger partial charge in [-0.2, -0.15) is 24.4 Å². The monoisotopic (exact) mass is 544 g/mol. The zero-order valence-corrected chi connectivity index (χ0v) is 21.4. The molecule has 12 nitrogen and oxygen atoms in total. The van der Waals surface area contributed by atoms with Gasteiger partial charge in [-0.25, -0.2) is 4.79 Å². The molecule has 1 rings (SSSR count). The summed E-state index contributed by atoms with van der Waals surface area (Å²) >= 11 is 5.34. The summed E-state index contributed by atoms with van der Waals surface area (Å²) in [5, 5.41) is 34.9. The van der Waals surface area contributed by atoms with Gasteiger partial charge in [0, 0.05) is 18.6 Å². The lowest BCUT2D eigenvalue weighted by molar-refractivity contribution is -0.141. The molecule has 0 spiro atoms. The van der Waals surface area contributed by atoms with Gasteiger partial charge >= 0.3 is 11.9 Å². The number of aromatic hydroxyl groups is 1. The van der Waals surface area contributed by atoms with Crippen LogP contribution in [0.25, 0.3) is 0 Å². The first-order valence-corrected chi connectivity index (χ1v) is 13.0. The molecule has 0 aliphatic carbocycles. The molecule has 1 aromatic carbocycles. The van der Waals surface area contributed by atoms with Crippen molar-refractivity contribution in [3.05, 3.63) is 29.8 Å². The molecule has 200 valence electrons. The first kappa shape index (κ1) is 31.1. The molecule has 0 fully saturated rings. The van der Waals surface area contributed by atoms with Crippen molar-refractivity contribution in [2.75, 3.05) is 17.8 Å². The van der Waals surface area contributed by atoms with Crippen LogP contribution in [0.5, 0.6) is 5.75 Å². The lowest BCUT2D eigenvalue weighted by Gasteiger charge is -2.25. The van der Waals surface area contributed by atoms with E-state index in [4.69, 9.17) is 10.8 Å². The van der Waals surface area contributed by atoms with Crippen molar-refractivity contribution in [3.63, 3.8) is 0 Å². The van der Waals surface area contributed by atoms with Crippen LogP contribution in [0.3, 0.4) is 0 Å². The Morgan fingerprint density at radius 3 is 2.00 bits per heavy atom. The molecule has 0 saturated carbocycles. The van der Waals surface area contributed by atoms with Crippen LogP contribution in [0.2, 0.25) is 0 Å². The molecule has 3 amide bonds. The van der Waals surface area contributed by atoms with Gasteiger partial charge < -0.3 is 37.0 Å². The fourth-order valence-electron chi connectivity index (χ4n) is 3.00. The molecule has 1 aromatic rings. The Labute approximate surface area is 218 Å². The number of phenolic OH excluding ortho intramolecular Hbond substituents is 1. The molecule has 8 N–H and O–H groups in total. The van der Waals surface area contributed by atoms with Crippen LogP contribution in [0.4, 0.5) is 0 Å². The van der Waals surface area contributed by atoms with E-state index in [1.54, 1.807) is 18.4 Å². The van der Waals surface area contributed by atoms with Gasteiger partial charge in [-0.3, -0.25) is 19.2 Å². The highest BCUT2D eigenvalue weighted by Gasteiger charge is 2.30. The van der Waals surface area contributed by atoms with Gasteiger partial charge in [0.05, 0.1) is 6.04 Å². The Morgan fingerprint density at radius 2 is 1.47 bits per heavy atom. The van der Waals surface area contributed by atoms with Crippen LogP contribution in [0.1, 0.15) is 24.8 Å². The predicted octanol–water partition coefficient (Wildman–Crippen LogP) is -0.651. The molecular weight excluding hydrogens is 512 g/mol. The van der Waals surface area contributed by atoms with Crippen molar-refractivity contribution in [2.24, 2.45) is 5.73 Å². The zero-order valence-electron chi connectivity index (χ0n) is 19.7. The zero-order chi connectivity index (χ0) is 27.3. The van der Waals surface area contributed by atoms with Crippen molar-refractivity contribution in [3.8, 4) is 5.75 Å². The number of carboxylic acid groups (broad SMARTS) is 2. The lowest BCUT2D eigenvalue weighted by atomic mass is 10.0. The number of benzene rings is 1. The summed E-state index contributed by atoms with van der Waals surface area (Å²) in [5.74, 6) is -4.26. The van der Waals surface area contributed by atoms with Gasteiger partial charge in [-0.1, -0.05) is 12.1 Å². The number of thioether (sulfide) groups is 1. The Hall–Kier alpha value is -2.97. The third-order valence-electron chi connectivity index (χ3n) is 5.06. The summed E-state index contributed by atoms with van der Waals surface area (Å²) in [6, 6.07) is 1.19. The van der Waals surface area contributed by atoms with E-state index in [1.807, 2.05) is 0 Å². The summed E-state index contributed by atoms with van der Waals surface area (Å²) < 4.78 is 0. The maximum Gasteiger partial charge on any atom is 0.327 e. The first-order valence-electron chi connectivity index (χ1n) is 11.0. The summed E-state index contributed by atoms with van der Waals surface area (Å²) in [6.45, 7) is 0. The summed E-state index contributed by atoms with van der Waals surface area (Å²) in [6.07, 6.45) is 1.49. The maximum atomic E-state index is 13.2. The van der Waals surface area contributed by atoms with Crippen molar-refractivity contribution in [1.82, 2.24) is 16.0 Å². The van der Waals surface area contributed by atoms with Crippen molar-refractivity contribution in [1.29, 1.82) is 0 Å². The molecule has 0 heterocycles. The number of carbonyl (C=O) groups is 5. The minimum atomic E-state index is -1.28. The van der Waals surface area contributed by atoms with E-state index >= 15 is 0 Å². The Balaban J connectivity index is 3.08. The molecular formula is C22H32N4O8S2. The van der Waals surface area contributed by atoms with Crippen molar-refractivity contribution in [2.45, 2.75) is 49.9 Å². The fraction of sp³-hybridized carbons (Fsp3) is 0.500. The van der Waals surface area contributed by atoms with Crippen LogP contribution in [0, 0.1) is 0 Å². The molecule has 0 radical (unpaired) electrons. The number of carboxylic acids is 2. The van der Waals surface area contributed by atoms with Crippen LogP contribution >= 0.6 is 24.4 Å². The van der Waals surface area contributed by atoms with Gasteiger partial charge in [0.15, 0.2) is 0 Å². The Bertz CT molecular complexity index is 916. The highest BCUT2D eigenvalue weighted by Crippen LogP contribution is 2.12. The van der Waals surface area contributed by atoms with Gasteiger partial charge in [-0.15, -0.1) is 0 Å². The second-order valence-corrected chi connectivity index (χ2v) is 9.25.